The fourth-order valence-electron chi connectivity index (χ4n) is 6.62. The normalized spacial score (nSPS) is 19.6. The van der Waals surface area contributed by atoms with E-state index in [1.54, 1.807) is 18.2 Å². The van der Waals surface area contributed by atoms with Crippen LogP contribution in [0.1, 0.15) is 64.9 Å². The first-order chi connectivity index (χ1) is 20.2. The number of hydrogen-bond donors (Lipinski definition) is 1. The molecule has 0 aromatic heterocycles. The first-order valence-corrected chi connectivity index (χ1v) is 15.2. The second-order valence-corrected chi connectivity index (χ2v) is 14.0. The summed E-state index contributed by atoms with van der Waals surface area (Å²) in [5, 5.41) is 2.80. The molecule has 0 spiro atoms. The van der Waals surface area contributed by atoms with Crippen LogP contribution in [0.15, 0.2) is 63.4 Å². The van der Waals surface area contributed by atoms with Gasteiger partial charge in [-0.3, -0.25) is 14.4 Å². The summed E-state index contributed by atoms with van der Waals surface area (Å²) >= 11 is 3.63. The summed E-state index contributed by atoms with van der Waals surface area (Å²) in [5.41, 5.74) is 4.29. The molecule has 0 bridgehead atoms. The van der Waals surface area contributed by atoms with E-state index in [1.165, 1.54) is 14.2 Å². The molecule has 0 unspecified atom stereocenters. The van der Waals surface area contributed by atoms with Crippen molar-refractivity contribution < 1.29 is 28.6 Å². The van der Waals surface area contributed by atoms with Crippen molar-refractivity contribution in [2.75, 3.05) is 33.2 Å². The number of nitrogens with zero attached hydrogens (tertiary/aromatic N) is 1. The molecule has 0 fully saturated rings. The van der Waals surface area contributed by atoms with Crippen LogP contribution in [0.2, 0.25) is 0 Å². The molecule has 1 N–H and O–H groups in total. The number of halogens is 1. The van der Waals surface area contributed by atoms with E-state index >= 15 is 0 Å². The molecule has 5 rings (SSSR count). The van der Waals surface area contributed by atoms with Crippen LogP contribution in [0.3, 0.4) is 0 Å². The van der Waals surface area contributed by atoms with Crippen molar-refractivity contribution in [1.29, 1.82) is 0 Å². The van der Waals surface area contributed by atoms with Crippen LogP contribution in [0.4, 0.5) is 5.69 Å². The van der Waals surface area contributed by atoms with E-state index in [4.69, 9.17) is 14.2 Å². The SMILES string of the molecule is COc1ccccc1NC(=O)COc1c(Br)cc(C2C3=C(CC(C)(C)CC3=O)N(C)C3=C2C(=O)CC(C)(C)C3)cc1OC. The third-order valence-electron chi connectivity index (χ3n) is 8.49. The van der Waals surface area contributed by atoms with E-state index in [1.807, 2.05) is 25.2 Å². The highest BCUT2D eigenvalue weighted by Gasteiger charge is 2.48. The summed E-state index contributed by atoms with van der Waals surface area (Å²) in [6.45, 7) is 8.20. The lowest BCUT2D eigenvalue weighted by Gasteiger charge is -2.48. The molecule has 2 aromatic carbocycles. The van der Waals surface area contributed by atoms with Gasteiger partial charge in [-0.05, 0) is 69.4 Å². The third-order valence-corrected chi connectivity index (χ3v) is 9.08. The van der Waals surface area contributed by atoms with Gasteiger partial charge in [0.2, 0.25) is 0 Å². The van der Waals surface area contributed by atoms with Gasteiger partial charge in [0, 0.05) is 48.3 Å². The van der Waals surface area contributed by atoms with Crippen molar-refractivity contribution in [2.24, 2.45) is 10.8 Å². The van der Waals surface area contributed by atoms with Gasteiger partial charge in [0.05, 0.1) is 24.4 Å². The zero-order valence-electron chi connectivity index (χ0n) is 25.9. The fraction of sp³-hybridized carbons (Fsp3) is 0.441. The highest BCUT2D eigenvalue weighted by Crippen LogP contribution is 2.55. The number of anilines is 1. The van der Waals surface area contributed by atoms with Crippen LogP contribution < -0.4 is 19.5 Å². The van der Waals surface area contributed by atoms with Crippen LogP contribution in [0.25, 0.3) is 0 Å². The number of benzene rings is 2. The minimum atomic E-state index is -0.513. The predicted octanol–water partition coefficient (Wildman–Crippen LogP) is 6.80. The van der Waals surface area contributed by atoms with Crippen LogP contribution >= 0.6 is 15.9 Å². The molecule has 3 aliphatic rings. The topological polar surface area (TPSA) is 94.2 Å². The Labute approximate surface area is 261 Å². The van der Waals surface area contributed by atoms with Crippen LogP contribution in [-0.2, 0) is 14.4 Å². The molecule has 0 atom stereocenters. The number of carbonyl (C=O) groups excluding carboxylic acids is 3. The van der Waals surface area contributed by atoms with E-state index in [-0.39, 0.29) is 34.9 Å². The van der Waals surface area contributed by atoms with Gasteiger partial charge in [-0.1, -0.05) is 39.8 Å². The molecule has 0 radical (unpaired) electrons. The number of hydrogen-bond acceptors (Lipinski definition) is 7. The zero-order valence-corrected chi connectivity index (χ0v) is 27.4. The molecule has 1 heterocycles. The first kappa shape index (κ1) is 30.9. The van der Waals surface area contributed by atoms with Crippen molar-refractivity contribution in [1.82, 2.24) is 4.90 Å². The monoisotopic (exact) mass is 650 g/mol. The van der Waals surface area contributed by atoms with Gasteiger partial charge in [0.15, 0.2) is 29.7 Å². The second kappa shape index (κ2) is 11.5. The lowest BCUT2D eigenvalue weighted by atomic mass is 9.64. The van der Waals surface area contributed by atoms with Gasteiger partial charge in [-0.2, -0.15) is 0 Å². The minimum Gasteiger partial charge on any atom is -0.495 e. The summed E-state index contributed by atoms with van der Waals surface area (Å²) in [7, 11) is 5.06. The quantitative estimate of drug-likeness (QED) is 0.352. The summed E-state index contributed by atoms with van der Waals surface area (Å²) in [5.74, 6) is 0.539. The van der Waals surface area contributed by atoms with Gasteiger partial charge in [-0.15, -0.1) is 0 Å². The van der Waals surface area contributed by atoms with E-state index in [2.05, 4.69) is 53.8 Å². The van der Waals surface area contributed by atoms with E-state index in [0.29, 0.717) is 51.4 Å². The van der Waals surface area contributed by atoms with Crippen molar-refractivity contribution in [2.45, 2.75) is 59.3 Å². The van der Waals surface area contributed by atoms with Crippen molar-refractivity contribution in [3.8, 4) is 17.2 Å². The first-order valence-electron chi connectivity index (χ1n) is 14.4. The molecular formula is C34H39BrN2O6. The number of ketones is 2. The molecule has 1 aliphatic heterocycles. The second-order valence-electron chi connectivity index (χ2n) is 13.2. The van der Waals surface area contributed by atoms with Gasteiger partial charge >= 0.3 is 0 Å². The number of nitrogens with one attached hydrogen (secondary N) is 1. The Morgan fingerprint density at radius 1 is 0.907 bits per heavy atom. The Hall–Kier alpha value is -3.59. The van der Waals surface area contributed by atoms with Crippen LogP contribution in [-0.4, -0.2) is 50.2 Å². The molecule has 9 heteroatoms. The van der Waals surface area contributed by atoms with Gasteiger partial charge < -0.3 is 24.4 Å². The van der Waals surface area contributed by atoms with Gasteiger partial charge in [-0.25, -0.2) is 0 Å². The minimum absolute atomic E-state index is 0.0655. The Morgan fingerprint density at radius 3 is 2.02 bits per heavy atom. The molecule has 2 aliphatic carbocycles. The van der Waals surface area contributed by atoms with Crippen molar-refractivity contribution in [3.63, 3.8) is 0 Å². The predicted molar refractivity (Wildman–Crippen MR) is 168 cm³/mol. The van der Waals surface area contributed by atoms with Crippen LogP contribution in [0.5, 0.6) is 17.2 Å². The number of methoxy groups -OCH3 is 2. The smallest absolute Gasteiger partial charge is 0.262 e. The maximum atomic E-state index is 13.8. The van der Waals surface area contributed by atoms with E-state index < -0.39 is 5.92 Å². The highest BCUT2D eigenvalue weighted by atomic mass is 79.9. The molecule has 228 valence electrons. The van der Waals surface area contributed by atoms with Crippen molar-refractivity contribution >= 4 is 39.1 Å². The number of rotatable bonds is 7. The number of carbonyl (C=O) groups is 3. The third kappa shape index (κ3) is 5.96. The summed E-state index contributed by atoms with van der Waals surface area (Å²) in [6, 6.07) is 10.8. The molecule has 2 aromatic rings. The van der Waals surface area contributed by atoms with E-state index in [0.717, 1.165) is 29.8 Å². The fourth-order valence-corrected chi connectivity index (χ4v) is 7.19. The molecule has 43 heavy (non-hydrogen) atoms. The maximum Gasteiger partial charge on any atom is 0.262 e. The average molecular weight is 652 g/mol. The summed E-state index contributed by atoms with van der Waals surface area (Å²) in [4.78, 5) is 42.5. The number of ether oxygens (including phenoxy) is 3. The largest absolute Gasteiger partial charge is 0.495 e. The Bertz CT molecular complexity index is 1520. The Kier molecular flexibility index (Phi) is 8.24. The van der Waals surface area contributed by atoms with Gasteiger partial charge in [0.1, 0.15) is 5.75 Å². The molecular weight excluding hydrogens is 612 g/mol. The molecule has 0 saturated carbocycles. The number of amides is 1. The number of allylic oxidation sites excluding steroid dienone is 4. The zero-order chi connectivity index (χ0) is 31.3. The molecule has 0 saturated heterocycles. The highest BCUT2D eigenvalue weighted by molar-refractivity contribution is 9.10. The average Bonchev–Trinajstić information content (AvgIpc) is 2.92. The lowest BCUT2D eigenvalue weighted by molar-refractivity contribution is -0.120. The summed E-state index contributed by atoms with van der Waals surface area (Å²) in [6.07, 6.45) is 2.32. The summed E-state index contributed by atoms with van der Waals surface area (Å²) < 4.78 is 17.6. The molecule has 1 amide bonds. The Morgan fingerprint density at radius 2 is 1.47 bits per heavy atom. The maximum absolute atomic E-state index is 13.8. The standard InChI is InChI=1S/C34H39BrN2O6/c1-33(2)14-22-30(24(38)16-33)29(31-23(37(22)5)15-34(3,4)17-25(31)39)19-12-20(35)32(27(13-19)42-7)43-18-28(40)36-21-10-8-9-11-26(21)41-6/h8-13,29H,14-18H2,1-7H3,(H,36,40). The lowest BCUT2D eigenvalue weighted by Crippen LogP contribution is -2.43. The Balaban J connectivity index is 1.52. The van der Waals surface area contributed by atoms with Crippen molar-refractivity contribution in [3.05, 3.63) is 69.0 Å². The number of para-hydroxylation sites is 2. The van der Waals surface area contributed by atoms with E-state index in [9.17, 15) is 14.4 Å². The molecule has 8 nitrogen and oxygen atoms in total. The number of Topliss-reactive ketones (excluding diaryl/α,β-unsaturated/α-hetero) is 2. The van der Waals surface area contributed by atoms with Gasteiger partial charge in [0.25, 0.3) is 5.91 Å². The van der Waals surface area contributed by atoms with Crippen LogP contribution in [0, 0.1) is 10.8 Å².